The van der Waals surface area contributed by atoms with Crippen LogP contribution in [0.3, 0.4) is 0 Å². The SMILES string of the molecule is CC1=CC(=O)C2CC(C)=C3C(CCS3(=O)=O)C2(Br)C1=O. The molecule has 0 bridgehead atoms. The number of fused-ring (bicyclic) bond motifs is 3. The fraction of sp³-hybridized carbons (Fsp3) is 0.571. The van der Waals surface area contributed by atoms with Gasteiger partial charge in [-0.1, -0.05) is 21.5 Å². The Hall–Kier alpha value is -0.750. The van der Waals surface area contributed by atoms with Crippen LogP contribution in [0.25, 0.3) is 0 Å². The lowest BCUT2D eigenvalue weighted by Gasteiger charge is -2.44. The van der Waals surface area contributed by atoms with Gasteiger partial charge in [-0.3, -0.25) is 9.59 Å². The molecule has 3 rings (SSSR count). The molecule has 0 aromatic rings. The lowest BCUT2D eigenvalue weighted by atomic mass is 9.65. The van der Waals surface area contributed by atoms with Gasteiger partial charge in [0.1, 0.15) is 4.32 Å². The zero-order chi connectivity index (χ0) is 14.9. The first-order valence-corrected chi connectivity index (χ1v) is 9.02. The van der Waals surface area contributed by atoms with Crippen LogP contribution < -0.4 is 0 Å². The van der Waals surface area contributed by atoms with Crippen LogP contribution in [-0.4, -0.2) is 30.1 Å². The third-order valence-electron chi connectivity index (χ3n) is 4.68. The van der Waals surface area contributed by atoms with Crippen molar-refractivity contribution in [2.45, 2.75) is 31.0 Å². The van der Waals surface area contributed by atoms with Gasteiger partial charge in [-0.15, -0.1) is 0 Å². The highest BCUT2D eigenvalue weighted by Gasteiger charge is 2.61. The van der Waals surface area contributed by atoms with Gasteiger partial charge in [0.15, 0.2) is 21.4 Å². The number of carbonyl (C=O) groups is 2. The van der Waals surface area contributed by atoms with Crippen LogP contribution in [0.2, 0.25) is 0 Å². The van der Waals surface area contributed by atoms with Crippen molar-refractivity contribution in [2.24, 2.45) is 11.8 Å². The zero-order valence-electron chi connectivity index (χ0n) is 11.3. The predicted octanol–water partition coefficient (Wildman–Crippen LogP) is 1.95. The Morgan fingerprint density at radius 2 is 1.90 bits per heavy atom. The molecule has 0 amide bonds. The van der Waals surface area contributed by atoms with E-state index in [9.17, 15) is 18.0 Å². The van der Waals surface area contributed by atoms with Crippen molar-refractivity contribution in [1.29, 1.82) is 0 Å². The number of sulfone groups is 1. The molecule has 4 nitrogen and oxygen atoms in total. The van der Waals surface area contributed by atoms with Gasteiger partial charge in [0.2, 0.25) is 0 Å². The molecule has 20 heavy (non-hydrogen) atoms. The summed E-state index contributed by atoms with van der Waals surface area (Å²) in [7, 11) is -3.28. The summed E-state index contributed by atoms with van der Waals surface area (Å²) in [6.07, 6.45) is 2.14. The third-order valence-corrected chi connectivity index (χ3v) is 8.22. The molecule has 0 aromatic heterocycles. The van der Waals surface area contributed by atoms with Crippen molar-refractivity contribution in [3.05, 3.63) is 22.1 Å². The summed E-state index contributed by atoms with van der Waals surface area (Å²) in [5.74, 6) is -1.06. The van der Waals surface area contributed by atoms with Crippen molar-refractivity contribution in [3.8, 4) is 0 Å². The van der Waals surface area contributed by atoms with E-state index in [-0.39, 0.29) is 17.3 Å². The molecular formula is C14H15BrO4S. The number of rotatable bonds is 0. The summed E-state index contributed by atoms with van der Waals surface area (Å²) < 4.78 is 23.3. The average Bonchev–Trinajstić information content (AvgIpc) is 2.68. The van der Waals surface area contributed by atoms with Crippen LogP contribution in [0.1, 0.15) is 26.7 Å². The zero-order valence-corrected chi connectivity index (χ0v) is 13.7. The first-order chi connectivity index (χ1) is 9.19. The molecule has 2 aliphatic carbocycles. The van der Waals surface area contributed by atoms with Gasteiger partial charge in [0.05, 0.1) is 5.75 Å². The fourth-order valence-corrected chi connectivity index (χ4v) is 7.23. The van der Waals surface area contributed by atoms with Crippen molar-refractivity contribution in [1.82, 2.24) is 0 Å². The normalized spacial score (nSPS) is 39.5. The quantitative estimate of drug-likeness (QED) is 0.620. The number of ketones is 2. The fourth-order valence-electron chi connectivity index (χ4n) is 3.80. The lowest BCUT2D eigenvalue weighted by Crippen LogP contribution is -2.54. The highest BCUT2D eigenvalue weighted by atomic mass is 79.9. The van der Waals surface area contributed by atoms with Gasteiger partial charge in [-0.25, -0.2) is 8.42 Å². The summed E-state index contributed by atoms with van der Waals surface area (Å²) >= 11 is 3.50. The maximum Gasteiger partial charge on any atom is 0.176 e. The number of carbonyl (C=O) groups excluding carboxylic acids is 2. The minimum atomic E-state index is -3.28. The molecule has 0 N–H and O–H groups in total. The number of alkyl halides is 1. The van der Waals surface area contributed by atoms with Gasteiger partial charge in [-0.05, 0) is 38.3 Å². The monoisotopic (exact) mass is 358 g/mol. The Balaban J connectivity index is 2.25. The number of allylic oxidation sites excluding steroid dienone is 4. The van der Waals surface area contributed by atoms with E-state index in [0.29, 0.717) is 23.3 Å². The second-order valence-corrected chi connectivity index (χ2v) is 9.28. The first kappa shape index (κ1) is 14.2. The molecule has 3 atom stereocenters. The molecule has 0 spiro atoms. The molecule has 1 aliphatic heterocycles. The maximum atomic E-state index is 12.6. The van der Waals surface area contributed by atoms with Crippen molar-refractivity contribution in [2.75, 3.05) is 5.75 Å². The van der Waals surface area contributed by atoms with Gasteiger partial charge in [0, 0.05) is 16.7 Å². The van der Waals surface area contributed by atoms with E-state index < -0.39 is 26.0 Å². The van der Waals surface area contributed by atoms with Gasteiger partial charge in [-0.2, -0.15) is 0 Å². The van der Waals surface area contributed by atoms with Crippen LogP contribution in [0.5, 0.6) is 0 Å². The lowest BCUT2D eigenvalue weighted by molar-refractivity contribution is -0.129. The third kappa shape index (κ3) is 1.61. The molecule has 1 fully saturated rings. The molecule has 0 saturated carbocycles. The molecule has 3 aliphatic rings. The molecular weight excluding hydrogens is 344 g/mol. The van der Waals surface area contributed by atoms with Crippen molar-refractivity contribution in [3.63, 3.8) is 0 Å². The van der Waals surface area contributed by atoms with Crippen molar-refractivity contribution < 1.29 is 18.0 Å². The van der Waals surface area contributed by atoms with E-state index in [0.717, 1.165) is 5.57 Å². The Kier molecular flexibility index (Phi) is 2.93. The maximum absolute atomic E-state index is 12.6. The summed E-state index contributed by atoms with van der Waals surface area (Å²) in [5.41, 5.74) is 1.15. The molecule has 6 heteroatoms. The van der Waals surface area contributed by atoms with E-state index >= 15 is 0 Å². The smallest absolute Gasteiger partial charge is 0.176 e. The van der Waals surface area contributed by atoms with E-state index in [1.165, 1.54) is 6.08 Å². The molecule has 3 unspecified atom stereocenters. The average molecular weight is 359 g/mol. The first-order valence-electron chi connectivity index (χ1n) is 6.58. The highest BCUT2D eigenvalue weighted by molar-refractivity contribution is 9.10. The summed E-state index contributed by atoms with van der Waals surface area (Å²) in [4.78, 5) is 25.2. The number of Topliss-reactive ketones (excluding diaryl/α,β-unsaturated/α-hetero) is 1. The van der Waals surface area contributed by atoms with Crippen LogP contribution >= 0.6 is 15.9 Å². The summed E-state index contributed by atoms with van der Waals surface area (Å²) in [6.45, 7) is 3.38. The van der Waals surface area contributed by atoms with E-state index in [2.05, 4.69) is 15.9 Å². The molecule has 0 aromatic carbocycles. The van der Waals surface area contributed by atoms with E-state index in [1.807, 2.05) is 0 Å². The predicted molar refractivity (Wildman–Crippen MR) is 78.1 cm³/mol. The molecule has 1 heterocycles. The number of hydrogen-bond acceptors (Lipinski definition) is 4. The van der Waals surface area contributed by atoms with Gasteiger partial charge >= 0.3 is 0 Å². The Morgan fingerprint density at radius 1 is 1.25 bits per heavy atom. The topological polar surface area (TPSA) is 68.3 Å². The van der Waals surface area contributed by atoms with Crippen LogP contribution in [0, 0.1) is 11.8 Å². The Morgan fingerprint density at radius 3 is 2.55 bits per heavy atom. The van der Waals surface area contributed by atoms with Gasteiger partial charge in [0.25, 0.3) is 0 Å². The van der Waals surface area contributed by atoms with Crippen LogP contribution in [0.15, 0.2) is 22.1 Å². The Labute approximate surface area is 126 Å². The summed E-state index contributed by atoms with van der Waals surface area (Å²) in [6, 6.07) is 0. The second kappa shape index (κ2) is 4.13. The van der Waals surface area contributed by atoms with Gasteiger partial charge < -0.3 is 0 Å². The van der Waals surface area contributed by atoms with E-state index in [1.54, 1.807) is 13.8 Å². The largest absolute Gasteiger partial charge is 0.294 e. The van der Waals surface area contributed by atoms with Crippen molar-refractivity contribution >= 4 is 37.3 Å². The number of hydrogen-bond donors (Lipinski definition) is 0. The van der Waals surface area contributed by atoms with Crippen LogP contribution in [-0.2, 0) is 19.4 Å². The molecule has 1 saturated heterocycles. The Bertz CT molecular complexity index is 701. The highest BCUT2D eigenvalue weighted by Crippen LogP contribution is 2.56. The number of halogens is 1. The second-order valence-electron chi connectivity index (χ2n) is 5.89. The van der Waals surface area contributed by atoms with E-state index in [4.69, 9.17) is 0 Å². The minimum Gasteiger partial charge on any atom is -0.294 e. The molecule has 108 valence electrons. The minimum absolute atomic E-state index is 0.0641. The summed E-state index contributed by atoms with van der Waals surface area (Å²) in [5, 5.41) is 0. The molecule has 0 radical (unpaired) electrons. The standard InChI is InChI=1S/C14H15BrO4S/c1-7-5-10-11(16)6-8(2)13(17)14(10,15)9-3-4-20(18,19)12(7)9/h6,9-10H,3-5H2,1-2H3. The van der Waals surface area contributed by atoms with Crippen LogP contribution in [0.4, 0.5) is 0 Å².